The van der Waals surface area contributed by atoms with Gasteiger partial charge in [0.25, 0.3) is 0 Å². The largest absolute Gasteiger partial charge is 0.469 e. The van der Waals surface area contributed by atoms with Crippen LogP contribution in [0.4, 0.5) is 0 Å². The molecule has 0 amide bonds. The molecular formula is C30H53O74PS15. The van der Waals surface area contributed by atoms with Crippen molar-refractivity contribution in [1.82, 2.24) is 0 Å². The topological polar surface area (TPSA) is 1120 Å². The van der Waals surface area contributed by atoms with Crippen LogP contribution in [0.5, 0.6) is 0 Å². The Bertz CT molecular complexity index is 5480. The molecule has 0 aromatic rings. The summed E-state index contributed by atoms with van der Waals surface area (Å²) in [7, 11) is -106. The molecule has 0 saturated carbocycles. The van der Waals surface area contributed by atoms with Gasteiger partial charge in [-0.15, -0.1) is 0 Å². The molecule has 5 heterocycles. The fourth-order valence-corrected chi connectivity index (χ4v) is 17.3. The van der Waals surface area contributed by atoms with Gasteiger partial charge in [0.15, 0.2) is 55.9 Å². The van der Waals surface area contributed by atoms with E-state index < -0.39 is 350 Å². The zero-order valence-electron chi connectivity index (χ0n) is 55.5. The summed E-state index contributed by atoms with van der Waals surface area (Å²) in [6, 6.07) is 0. The Balaban J connectivity index is 2.02. The van der Waals surface area contributed by atoms with Gasteiger partial charge in [-0.3, -0.25) is 72.8 Å². The van der Waals surface area contributed by atoms with E-state index in [9.17, 15) is 214 Å². The van der Waals surface area contributed by atoms with Crippen LogP contribution >= 0.6 is 7.82 Å². The monoisotopic (exact) mass is 2110 g/mol. The van der Waals surface area contributed by atoms with E-state index in [-0.39, 0.29) is 0 Å². The van der Waals surface area contributed by atoms with Crippen molar-refractivity contribution in [3.63, 3.8) is 0 Å². The molecule has 18 N–H and O–H groups in total. The Morgan fingerprint density at radius 2 is 0.367 bits per heavy atom. The number of hydrogen-bond acceptors (Lipinski definition) is 57. The zero-order chi connectivity index (χ0) is 92.6. The van der Waals surface area contributed by atoms with Gasteiger partial charge < -0.3 is 57.5 Å². The molecule has 5 saturated heterocycles. The van der Waals surface area contributed by atoms with E-state index >= 15 is 0 Å². The van der Waals surface area contributed by atoms with Gasteiger partial charge in [0, 0.05) is 0 Å². The molecule has 0 spiro atoms. The minimum absolute atomic E-state index is 2.05. The third kappa shape index (κ3) is 38.6. The first-order valence-corrected chi connectivity index (χ1v) is 50.3. The van der Waals surface area contributed by atoms with Crippen molar-refractivity contribution in [2.24, 2.45) is 0 Å². The van der Waals surface area contributed by atoms with Gasteiger partial charge in [-0.2, -0.15) is 126 Å². The summed E-state index contributed by atoms with van der Waals surface area (Å²) in [4.78, 5) is 19.1. The zero-order valence-corrected chi connectivity index (χ0v) is 68.6. The van der Waals surface area contributed by atoms with Gasteiger partial charge >= 0.3 is 164 Å². The summed E-state index contributed by atoms with van der Waals surface area (Å²) >= 11 is 0. The molecule has 74 nitrogen and oxygen atoms in total. The molecule has 120 heavy (non-hydrogen) atoms. The van der Waals surface area contributed by atoms with Gasteiger partial charge in [0.05, 0.1) is 33.0 Å². The maximum atomic E-state index is 13.3. The van der Waals surface area contributed by atoms with Crippen molar-refractivity contribution in [2.75, 3.05) is 33.0 Å². The fraction of sp³-hybridized carbons (Fsp3) is 1.00. The summed E-state index contributed by atoms with van der Waals surface area (Å²) < 4.78 is 651. The average molecular weight is 2110 g/mol. The normalized spacial score (nSPS) is 33.4. The van der Waals surface area contributed by atoms with Gasteiger partial charge in [-0.25, -0.2) is 67.3 Å². The van der Waals surface area contributed by atoms with Crippen molar-refractivity contribution in [3.05, 3.63) is 0 Å². The Hall–Kier alpha value is -2.24. The lowest BCUT2D eigenvalue weighted by molar-refractivity contribution is -0.386. The van der Waals surface area contributed by atoms with Gasteiger partial charge in [0.1, 0.15) is 97.7 Å². The third-order valence-corrected chi connectivity index (χ3v) is 21.0. The summed E-state index contributed by atoms with van der Waals surface area (Å²) in [5, 5.41) is 11.3. The van der Waals surface area contributed by atoms with E-state index in [0.29, 0.717) is 0 Å². The second kappa shape index (κ2) is 39.6. The van der Waals surface area contributed by atoms with Crippen molar-refractivity contribution < 1.29 is 324 Å². The quantitative estimate of drug-likeness (QED) is 0.0199. The molecule has 0 radical (unpaired) electrons. The molecule has 0 aromatic carbocycles. The Morgan fingerprint density at radius 3 is 0.567 bits per heavy atom. The predicted molar refractivity (Wildman–Crippen MR) is 334 cm³/mol. The number of aliphatic hydroxyl groups excluding tert-OH is 1. The van der Waals surface area contributed by atoms with E-state index in [4.69, 9.17) is 42.6 Å². The smallest absolute Gasteiger partial charge is 0.366 e. The maximum absolute atomic E-state index is 13.3. The van der Waals surface area contributed by atoms with Crippen LogP contribution in [0.1, 0.15) is 0 Å². The molecule has 25 atom stereocenters. The second-order valence-corrected chi connectivity index (χ2v) is 39.3. The van der Waals surface area contributed by atoms with Crippen LogP contribution in [0, 0.1) is 0 Å². The number of aliphatic hydroxyl groups is 1. The Kier molecular flexibility index (Phi) is 35.7. The maximum Gasteiger partial charge on any atom is 0.469 e. The van der Waals surface area contributed by atoms with E-state index in [1.165, 1.54) is 0 Å². The fourth-order valence-electron chi connectivity index (χ4n) is 10.3. The van der Waals surface area contributed by atoms with Crippen molar-refractivity contribution >= 4 is 164 Å². The molecule has 5 aliphatic rings. The Morgan fingerprint density at radius 1 is 0.208 bits per heavy atom. The number of hydrogen-bond donors (Lipinski definition) is 18. The first-order chi connectivity index (χ1) is 53.3. The molecule has 5 rings (SSSR count). The molecule has 0 aromatic heterocycles. The summed E-state index contributed by atoms with van der Waals surface area (Å²) in [5.74, 6) is 0. The number of phosphoric acid groups is 1. The highest BCUT2D eigenvalue weighted by molar-refractivity contribution is 7.84. The highest BCUT2D eigenvalue weighted by Crippen LogP contribution is 2.44. The predicted octanol–water partition coefficient (Wildman–Crippen LogP) is -14.4. The molecular weight excluding hydrogens is 2060 g/mol. The number of phosphoric ester groups is 1. The van der Waals surface area contributed by atoms with Crippen LogP contribution in [0.3, 0.4) is 0 Å². The minimum atomic E-state index is -7.10. The second-order valence-electron chi connectivity index (χ2n) is 22.1. The lowest BCUT2D eigenvalue weighted by Gasteiger charge is -2.51. The summed E-state index contributed by atoms with van der Waals surface area (Å²) in [6.45, 7) is -11.9. The van der Waals surface area contributed by atoms with Crippen LogP contribution in [-0.4, -0.2) is 396 Å². The summed E-state index contributed by atoms with van der Waals surface area (Å²) in [6.07, 6.45) is -96.1. The SMILES string of the molecule is O=P(O)(O)OC[C@H]1O[C@H](O[C@@H]2[C@H](OS(=O)(=O)O)[C@@H](O[C@H]3C(OS(=O)(=O)O)[C@@H](COS(=O)(=O)O)O[C@H](O[C@H]4[C@H](OS(=O)(=O)O)[C@@H](COS(=O)(=O)O)OC(O[C@H]5[C@H](OS(=O)(=O)O)[C@@H](OS(=O)(=O)O)[C@@H](COS(=O)(=O)O)O[C@@H]5O)[C@H]4OS(=O)(=O)O)[C@H]3OS(=O)(=O)O)O[C@H](COS(=O)(=O)O)[C@H]2OS(=O)(=O)O)[C@@H](OS(=O)(=O)O)[C@@H](OS(=O)(=O)O)C1OS(=O)(=O)O. The number of ether oxygens (including phenoxy) is 9. The van der Waals surface area contributed by atoms with Crippen LogP contribution in [0.2, 0.25) is 0 Å². The van der Waals surface area contributed by atoms with Crippen molar-refractivity contribution in [1.29, 1.82) is 0 Å². The standard InChI is InChI=1S/C30H53O74PS15/c31-26-21(19(99-115(62,63)64)15(98-114(59,60)61)7(85-26)2-81-106(35,36)37)93-29-24(103-119(74,75)76)18(13(96-112(53,54)55)10(89-29)5-84-109(44,45)46)91-27-22(101-117(68,69)70)16(11(94-110(47,48)49)8(87-27)3-82-107(38,39)40)90-28-23(102-118(71,72)73)17(12(95-111(50,51)52)9(88-28)4-83-108(41,42)43)92-30-25(104-120(77,78)79)20(100-116(65,66)67)14(97-113(56,57)58)6(86-30)1-80-105(32,33)34/h6-31H,1-5H2,(H2,32,33,34)(H,35,36,37)(H,38,39,40)(H,41,42,43)(H,44,45,46)(H,47,48,49)(H,50,51,52)(H,53,54,55)(H,56,57,58)(H,59,60,61)(H,62,63,64)(H,65,66,67)(H,68,69,70)(H,71,72,73)(H,74,75,76)(H,77,78,79)/t6-,7-,8-,9-,10-,11?,12-,13-,14?,15+,16+,17+,18+,19-,20+,21+,22+,23+,24+,25+,26+,27-,28-,29?,30-/m1/s1. The van der Waals surface area contributed by atoms with Crippen molar-refractivity contribution in [2.45, 2.75) is 154 Å². The highest BCUT2D eigenvalue weighted by atomic mass is 32.3. The van der Waals surface area contributed by atoms with E-state index in [1.54, 1.807) is 0 Å². The van der Waals surface area contributed by atoms with Crippen molar-refractivity contribution in [3.8, 4) is 0 Å². The van der Waals surface area contributed by atoms with Crippen LogP contribution in [0.15, 0.2) is 0 Å². The molecule has 3 unspecified atom stereocenters. The summed E-state index contributed by atoms with van der Waals surface area (Å²) in [5.41, 5.74) is 0. The molecule has 0 aliphatic carbocycles. The van der Waals surface area contributed by atoms with E-state index in [2.05, 4.69) is 67.3 Å². The Labute approximate surface area is 670 Å². The molecule has 712 valence electrons. The van der Waals surface area contributed by atoms with Gasteiger partial charge in [-0.1, -0.05) is 0 Å². The minimum Gasteiger partial charge on any atom is -0.366 e. The average Bonchev–Trinajstić information content (AvgIpc) is 0.748. The number of rotatable bonds is 45. The lowest BCUT2D eigenvalue weighted by Crippen LogP contribution is -2.70. The molecule has 90 heteroatoms. The molecule has 0 bridgehead atoms. The lowest BCUT2D eigenvalue weighted by atomic mass is 9.95. The van der Waals surface area contributed by atoms with Gasteiger partial charge in [0.2, 0.25) is 0 Å². The van der Waals surface area contributed by atoms with Crippen LogP contribution < -0.4 is 0 Å². The first kappa shape index (κ1) is 108. The molecule has 5 fully saturated rings. The van der Waals surface area contributed by atoms with E-state index in [0.717, 1.165) is 0 Å². The molecule has 5 aliphatic heterocycles. The third-order valence-electron chi connectivity index (χ3n) is 13.6. The van der Waals surface area contributed by atoms with Crippen LogP contribution in [0.25, 0.3) is 0 Å². The highest BCUT2D eigenvalue weighted by Gasteiger charge is 2.65. The van der Waals surface area contributed by atoms with Gasteiger partial charge in [-0.05, 0) is 0 Å². The van der Waals surface area contributed by atoms with E-state index in [1.807, 2.05) is 0 Å². The van der Waals surface area contributed by atoms with Crippen LogP contribution in [-0.2, 0) is 270 Å². The first-order valence-electron chi connectivity index (χ1n) is 28.2.